The van der Waals surface area contributed by atoms with Gasteiger partial charge < -0.3 is 10.1 Å². The van der Waals surface area contributed by atoms with Gasteiger partial charge >= 0.3 is 5.97 Å². The molecule has 1 amide bonds. The Balaban J connectivity index is 1.91. The Morgan fingerprint density at radius 2 is 2.24 bits per heavy atom. The number of hydrogen-bond donors (Lipinski definition) is 1. The van der Waals surface area contributed by atoms with Crippen LogP contribution >= 0.6 is 22.7 Å². The first kappa shape index (κ1) is 15.2. The normalized spacial score (nSPS) is 9.95. The number of esters is 1. The third kappa shape index (κ3) is 3.65. The summed E-state index contributed by atoms with van der Waals surface area (Å²) in [6, 6.07) is 3.57. The molecule has 0 unspecified atom stereocenters. The van der Waals surface area contributed by atoms with Gasteiger partial charge in [0.25, 0.3) is 5.91 Å². The van der Waals surface area contributed by atoms with Crippen LogP contribution in [0.4, 0.5) is 5.00 Å². The molecule has 2 heterocycles. The number of carbonyl (C=O) groups excluding carboxylic acids is 2. The van der Waals surface area contributed by atoms with Gasteiger partial charge in [-0.3, -0.25) is 4.79 Å². The molecule has 21 heavy (non-hydrogen) atoms. The van der Waals surface area contributed by atoms with E-state index in [2.05, 4.69) is 10.3 Å². The predicted octanol–water partition coefficient (Wildman–Crippen LogP) is 2.49. The number of nitrogens with zero attached hydrogens (tertiary/aromatic N) is 2. The first-order valence-electron chi connectivity index (χ1n) is 5.90. The van der Waals surface area contributed by atoms with Crippen LogP contribution in [-0.2, 0) is 9.53 Å². The van der Waals surface area contributed by atoms with Crippen LogP contribution in [0.1, 0.15) is 25.9 Å². The van der Waals surface area contributed by atoms with Crippen LogP contribution in [-0.4, -0.2) is 23.5 Å². The highest BCUT2D eigenvalue weighted by atomic mass is 32.1. The van der Waals surface area contributed by atoms with Gasteiger partial charge in [0, 0.05) is 0 Å². The van der Waals surface area contributed by atoms with Crippen LogP contribution in [0.3, 0.4) is 0 Å². The fourth-order valence-electron chi connectivity index (χ4n) is 1.57. The number of anilines is 1. The van der Waals surface area contributed by atoms with Gasteiger partial charge in [-0.15, -0.1) is 22.7 Å². The summed E-state index contributed by atoms with van der Waals surface area (Å²) >= 11 is 2.46. The van der Waals surface area contributed by atoms with E-state index in [1.54, 1.807) is 25.3 Å². The number of nitrogens with one attached hydrogen (secondary N) is 1. The number of thiophene rings is 1. The Kier molecular flexibility index (Phi) is 4.67. The van der Waals surface area contributed by atoms with E-state index in [0.29, 0.717) is 21.1 Å². The summed E-state index contributed by atoms with van der Waals surface area (Å²) in [7, 11) is 0. The molecule has 0 saturated carbocycles. The van der Waals surface area contributed by atoms with Crippen molar-refractivity contribution < 1.29 is 14.3 Å². The van der Waals surface area contributed by atoms with Crippen molar-refractivity contribution in [3.8, 4) is 6.07 Å². The van der Waals surface area contributed by atoms with Crippen molar-refractivity contribution >= 4 is 39.6 Å². The highest BCUT2D eigenvalue weighted by molar-refractivity contribution is 7.14. The molecule has 0 aliphatic carbocycles. The Bertz CT molecular complexity index is 727. The van der Waals surface area contributed by atoms with Gasteiger partial charge in [0.05, 0.1) is 16.3 Å². The number of amides is 1. The van der Waals surface area contributed by atoms with E-state index in [9.17, 15) is 9.59 Å². The van der Waals surface area contributed by atoms with Gasteiger partial charge in [-0.1, -0.05) is 0 Å². The van der Waals surface area contributed by atoms with Gasteiger partial charge in [-0.25, -0.2) is 9.78 Å². The molecule has 2 aromatic rings. The second-order valence-corrected chi connectivity index (χ2v) is 6.17. The Labute approximate surface area is 129 Å². The maximum absolute atomic E-state index is 11.8. The molecule has 0 aliphatic rings. The lowest BCUT2D eigenvalue weighted by molar-refractivity contribution is -0.119. The highest BCUT2D eigenvalue weighted by Crippen LogP contribution is 2.22. The Morgan fingerprint density at radius 1 is 1.48 bits per heavy atom. The topological polar surface area (TPSA) is 92.1 Å². The minimum absolute atomic E-state index is 0.383. The summed E-state index contributed by atoms with van der Waals surface area (Å²) in [5.74, 6) is -1.05. The zero-order valence-corrected chi connectivity index (χ0v) is 12.9. The lowest BCUT2D eigenvalue weighted by Gasteiger charge is -2.04. The SMILES string of the molecule is Cc1nc(C)c(C(=O)OCC(=O)Nc2sccc2C#N)s1. The van der Waals surface area contributed by atoms with E-state index in [4.69, 9.17) is 10.00 Å². The van der Waals surface area contributed by atoms with Gasteiger partial charge in [-0.05, 0) is 25.3 Å². The number of thiazole rings is 1. The average molecular weight is 321 g/mol. The molecular weight excluding hydrogens is 310 g/mol. The lowest BCUT2D eigenvalue weighted by atomic mass is 10.3. The minimum atomic E-state index is -0.570. The molecule has 0 aliphatic heterocycles. The Morgan fingerprint density at radius 3 is 2.86 bits per heavy atom. The van der Waals surface area contributed by atoms with Crippen molar-refractivity contribution in [1.29, 1.82) is 5.26 Å². The van der Waals surface area contributed by atoms with Crippen molar-refractivity contribution in [2.75, 3.05) is 11.9 Å². The van der Waals surface area contributed by atoms with Crippen LogP contribution in [0.5, 0.6) is 0 Å². The van der Waals surface area contributed by atoms with Gasteiger partial charge in [0.1, 0.15) is 15.9 Å². The molecule has 108 valence electrons. The third-order valence-corrected chi connectivity index (χ3v) is 4.34. The third-order valence-electron chi connectivity index (χ3n) is 2.46. The van der Waals surface area contributed by atoms with Crippen molar-refractivity contribution in [2.45, 2.75) is 13.8 Å². The van der Waals surface area contributed by atoms with Gasteiger partial charge in [0.15, 0.2) is 6.61 Å². The van der Waals surface area contributed by atoms with Gasteiger partial charge in [-0.2, -0.15) is 5.26 Å². The summed E-state index contributed by atoms with van der Waals surface area (Å²) in [5, 5.41) is 14.3. The zero-order chi connectivity index (χ0) is 15.4. The van der Waals surface area contributed by atoms with Crippen LogP contribution in [0.25, 0.3) is 0 Å². The number of rotatable bonds is 4. The molecule has 2 rings (SSSR count). The van der Waals surface area contributed by atoms with Crippen LogP contribution in [0.2, 0.25) is 0 Å². The Hall–Kier alpha value is -2.24. The second kappa shape index (κ2) is 6.47. The largest absolute Gasteiger partial charge is 0.451 e. The number of aryl methyl sites for hydroxylation is 2. The van der Waals surface area contributed by atoms with E-state index >= 15 is 0 Å². The van der Waals surface area contributed by atoms with E-state index < -0.39 is 18.5 Å². The number of nitriles is 1. The minimum Gasteiger partial charge on any atom is -0.451 e. The number of carbonyl (C=O) groups is 2. The maximum atomic E-state index is 11.8. The molecule has 0 radical (unpaired) electrons. The van der Waals surface area contributed by atoms with E-state index in [1.807, 2.05) is 6.07 Å². The standard InChI is InChI=1S/C13H11N3O3S2/c1-7-11(21-8(2)15-7)13(18)19-6-10(17)16-12-9(5-14)3-4-20-12/h3-4H,6H2,1-2H3,(H,16,17). The number of aromatic nitrogens is 1. The van der Waals surface area contributed by atoms with E-state index in [-0.39, 0.29) is 0 Å². The molecule has 6 nitrogen and oxygen atoms in total. The maximum Gasteiger partial charge on any atom is 0.350 e. The fourth-order valence-corrected chi connectivity index (χ4v) is 3.14. The molecule has 0 atom stereocenters. The molecule has 0 saturated heterocycles. The molecule has 0 fully saturated rings. The highest BCUT2D eigenvalue weighted by Gasteiger charge is 2.17. The van der Waals surface area contributed by atoms with Crippen molar-refractivity contribution in [2.24, 2.45) is 0 Å². The van der Waals surface area contributed by atoms with Crippen LogP contribution < -0.4 is 5.32 Å². The van der Waals surface area contributed by atoms with Gasteiger partial charge in [0.2, 0.25) is 0 Å². The molecule has 0 aromatic carbocycles. The quantitative estimate of drug-likeness (QED) is 0.873. The molecular formula is C13H11N3O3S2. The fraction of sp³-hybridized carbons (Fsp3) is 0.231. The van der Waals surface area contributed by atoms with Crippen LogP contribution in [0, 0.1) is 25.2 Å². The predicted molar refractivity (Wildman–Crippen MR) is 79.5 cm³/mol. The monoisotopic (exact) mass is 321 g/mol. The zero-order valence-electron chi connectivity index (χ0n) is 11.3. The molecule has 1 N–H and O–H groups in total. The summed E-state index contributed by atoms with van der Waals surface area (Å²) in [6.07, 6.45) is 0. The summed E-state index contributed by atoms with van der Waals surface area (Å²) in [6.45, 7) is 3.10. The lowest BCUT2D eigenvalue weighted by Crippen LogP contribution is -2.20. The van der Waals surface area contributed by atoms with Crippen molar-refractivity contribution in [3.63, 3.8) is 0 Å². The summed E-state index contributed by atoms with van der Waals surface area (Å²) in [4.78, 5) is 28.1. The molecule has 0 spiro atoms. The number of ether oxygens (including phenoxy) is 1. The van der Waals surface area contributed by atoms with E-state index in [0.717, 1.165) is 5.01 Å². The van der Waals surface area contributed by atoms with Crippen molar-refractivity contribution in [3.05, 3.63) is 32.6 Å². The molecule has 2 aromatic heterocycles. The summed E-state index contributed by atoms with van der Waals surface area (Å²) < 4.78 is 4.95. The van der Waals surface area contributed by atoms with Crippen molar-refractivity contribution in [1.82, 2.24) is 4.98 Å². The number of hydrogen-bond acceptors (Lipinski definition) is 7. The average Bonchev–Trinajstić information content (AvgIpc) is 3.02. The smallest absolute Gasteiger partial charge is 0.350 e. The first-order valence-corrected chi connectivity index (χ1v) is 7.59. The first-order chi connectivity index (χ1) is 10.0. The summed E-state index contributed by atoms with van der Waals surface area (Å²) in [5.41, 5.74) is 0.974. The molecule has 8 heteroatoms. The van der Waals surface area contributed by atoms with E-state index in [1.165, 1.54) is 22.7 Å². The van der Waals surface area contributed by atoms with Crippen LogP contribution in [0.15, 0.2) is 11.4 Å². The second-order valence-electron chi connectivity index (χ2n) is 4.05. The molecule has 0 bridgehead atoms.